The lowest BCUT2D eigenvalue weighted by atomic mass is 10.00. The van der Waals surface area contributed by atoms with Crippen molar-refractivity contribution >= 4 is 54.4 Å². The van der Waals surface area contributed by atoms with Crippen molar-refractivity contribution in [3.05, 3.63) is 181 Å². The molecule has 0 bridgehead atoms. The summed E-state index contributed by atoms with van der Waals surface area (Å²) in [7, 11) is 0. The number of hydrogen-bond acceptors (Lipinski definition) is 1. The van der Waals surface area contributed by atoms with Crippen LogP contribution in [0.3, 0.4) is 0 Å². The predicted octanol–water partition coefficient (Wildman–Crippen LogP) is 12.2. The van der Waals surface area contributed by atoms with Gasteiger partial charge in [-0.3, -0.25) is 0 Å². The van der Waals surface area contributed by atoms with Gasteiger partial charge in [-0.1, -0.05) is 97.1 Å². The third-order valence-electron chi connectivity index (χ3n) is 10.1. The van der Waals surface area contributed by atoms with E-state index in [-0.39, 0.29) is 0 Å². The topological polar surface area (TPSA) is 33.6 Å². The molecule has 232 valence electrons. The van der Waals surface area contributed by atoms with Gasteiger partial charge in [-0.25, -0.2) is 0 Å². The summed E-state index contributed by atoms with van der Waals surface area (Å²) in [6.07, 6.45) is 0. The summed E-state index contributed by atoms with van der Waals surface area (Å²) >= 11 is 0. The van der Waals surface area contributed by atoms with Crippen LogP contribution in [-0.2, 0) is 0 Å². The Bertz CT molecular complexity index is 2970. The Morgan fingerprint density at radius 3 is 1.46 bits per heavy atom. The van der Waals surface area contributed by atoms with Crippen LogP contribution in [0.1, 0.15) is 5.56 Å². The molecule has 0 aliphatic heterocycles. The summed E-state index contributed by atoms with van der Waals surface area (Å²) in [5, 5.41) is 16.5. The average Bonchev–Trinajstić information content (AvgIpc) is 3.70. The fourth-order valence-corrected chi connectivity index (χ4v) is 7.73. The van der Waals surface area contributed by atoms with Crippen LogP contribution in [0.25, 0.3) is 88.0 Å². The SMILES string of the molecule is N#Cc1ccc(-c2ccc3cc(-n4c5ccccc5c5cc(-c6ccc7c(c6)c6ccccc6n7-c6ccccc6)ccc54)ccc3c2)cc1. The van der Waals surface area contributed by atoms with E-state index in [0.717, 1.165) is 16.8 Å². The van der Waals surface area contributed by atoms with Gasteiger partial charge in [-0.2, -0.15) is 5.26 Å². The van der Waals surface area contributed by atoms with Crippen molar-refractivity contribution in [3.63, 3.8) is 0 Å². The van der Waals surface area contributed by atoms with Crippen LogP contribution in [0.15, 0.2) is 176 Å². The Morgan fingerprint density at radius 1 is 0.340 bits per heavy atom. The molecule has 50 heavy (non-hydrogen) atoms. The molecular weight excluding hydrogens is 607 g/mol. The zero-order chi connectivity index (χ0) is 33.2. The van der Waals surface area contributed by atoms with Gasteiger partial charge in [-0.05, 0) is 112 Å². The Kier molecular flexibility index (Phi) is 6.24. The maximum Gasteiger partial charge on any atom is 0.0991 e. The quantitative estimate of drug-likeness (QED) is 0.189. The van der Waals surface area contributed by atoms with E-state index in [1.807, 2.05) is 24.3 Å². The molecule has 0 radical (unpaired) electrons. The average molecular weight is 636 g/mol. The first-order chi connectivity index (χ1) is 24.7. The van der Waals surface area contributed by atoms with Crippen LogP contribution >= 0.6 is 0 Å². The van der Waals surface area contributed by atoms with Gasteiger partial charge in [0, 0.05) is 32.9 Å². The van der Waals surface area contributed by atoms with E-state index < -0.39 is 0 Å². The van der Waals surface area contributed by atoms with Gasteiger partial charge in [-0.15, -0.1) is 0 Å². The molecule has 10 aromatic rings. The van der Waals surface area contributed by atoms with Gasteiger partial charge < -0.3 is 9.13 Å². The molecule has 0 fully saturated rings. The van der Waals surface area contributed by atoms with Gasteiger partial charge in [0.05, 0.1) is 33.7 Å². The zero-order valence-corrected chi connectivity index (χ0v) is 27.1. The van der Waals surface area contributed by atoms with Crippen LogP contribution < -0.4 is 0 Å². The lowest BCUT2D eigenvalue weighted by molar-refractivity contribution is 1.18. The Balaban J connectivity index is 1.09. The largest absolute Gasteiger partial charge is 0.309 e. The van der Waals surface area contributed by atoms with E-state index >= 15 is 0 Å². The zero-order valence-electron chi connectivity index (χ0n) is 27.1. The highest BCUT2D eigenvalue weighted by Gasteiger charge is 2.16. The molecule has 0 aliphatic rings. The van der Waals surface area contributed by atoms with Crippen LogP contribution in [0.2, 0.25) is 0 Å². The monoisotopic (exact) mass is 635 g/mol. The smallest absolute Gasteiger partial charge is 0.0991 e. The number of nitriles is 1. The van der Waals surface area contributed by atoms with E-state index in [4.69, 9.17) is 0 Å². The molecule has 3 heteroatoms. The highest BCUT2D eigenvalue weighted by atomic mass is 15.0. The first-order valence-corrected chi connectivity index (χ1v) is 16.9. The van der Waals surface area contributed by atoms with Gasteiger partial charge in [0.1, 0.15) is 0 Å². The number of hydrogen-bond donors (Lipinski definition) is 0. The molecule has 3 nitrogen and oxygen atoms in total. The molecule has 0 unspecified atom stereocenters. The van der Waals surface area contributed by atoms with Crippen molar-refractivity contribution in [2.45, 2.75) is 0 Å². The van der Waals surface area contributed by atoms with Gasteiger partial charge in [0.15, 0.2) is 0 Å². The van der Waals surface area contributed by atoms with E-state index in [2.05, 4.69) is 167 Å². The van der Waals surface area contributed by atoms with Crippen molar-refractivity contribution in [3.8, 4) is 39.7 Å². The summed E-state index contributed by atoms with van der Waals surface area (Å²) in [6, 6.07) is 65.1. The second-order valence-electron chi connectivity index (χ2n) is 12.9. The summed E-state index contributed by atoms with van der Waals surface area (Å²) in [5.74, 6) is 0. The second kappa shape index (κ2) is 11.1. The van der Waals surface area contributed by atoms with E-state index in [9.17, 15) is 5.26 Å². The van der Waals surface area contributed by atoms with Crippen molar-refractivity contribution in [1.82, 2.24) is 9.13 Å². The molecule has 0 saturated heterocycles. The number of para-hydroxylation sites is 3. The van der Waals surface area contributed by atoms with Crippen molar-refractivity contribution in [1.29, 1.82) is 5.26 Å². The number of aromatic nitrogens is 2. The number of rotatable bonds is 4. The molecule has 0 atom stereocenters. The normalized spacial score (nSPS) is 11.6. The first-order valence-electron chi connectivity index (χ1n) is 16.9. The van der Waals surface area contributed by atoms with Gasteiger partial charge >= 0.3 is 0 Å². The molecule has 0 N–H and O–H groups in total. The minimum absolute atomic E-state index is 0.672. The van der Waals surface area contributed by atoms with Crippen LogP contribution in [-0.4, -0.2) is 9.13 Å². The molecule has 0 amide bonds. The minimum atomic E-state index is 0.672. The minimum Gasteiger partial charge on any atom is -0.309 e. The van der Waals surface area contributed by atoms with Crippen molar-refractivity contribution in [2.24, 2.45) is 0 Å². The highest BCUT2D eigenvalue weighted by Crippen LogP contribution is 2.38. The summed E-state index contributed by atoms with van der Waals surface area (Å²) in [5.41, 5.74) is 12.4. The third kappa shape index (κ3) is 4.36. The van der Waals surface area contributed by atoms with Crippen LogP contribution in [0.4, 0.5) is 0 Å². The Labute approximate surface area is 289 Å². The maximum absolute atomic E-state index is 9.19. The number of fused-ring (bicyclic) bond motifs is 7. The summed E-state index contributed by atoms with van der Waals surface area (Å²) in [4.78, 5) is 0. The predicted molar refractivity (Wildman–Crippen MR) is 208 cm³/mol. The van der Waals surface area contributed by atoms with E-state index in [0.29, 0.717) is 5.56 Å². The summed E-state index contributed by atoms with van der Waals surface area (Å²) < 4.78 is 4.75. The molecule has 8 aromatic carbocycles. The van der Waals surface area contributed by atoms with E-state index in [1.165, 1.54) is 71.2 Å². The molecule has 2 aromatic heterocycles. The van der Waals surface area contributed by atoms with Crippen LogP contribution in [0.5, 0.6) is 0 Å². The second-order valence-corrected chi connectivity index (χ2v) is 12.9. The van der Waals surface area contributed by atoms with Crippen LogP contribution in [0, 0.1) is 11.3 Å². The fourth-order valence-electron chi connectivity index (χ4n) is 7.73. The standard InChI is InChI=1S/C47H29N3/c48-30-31-14-16-32(17-15-31)33-18-19-35-27-39(23-20-34(35)26-33)50-45-13-7-5-11-41(45)43-29-37(22-25-47(43)50)36-21-24-46-42(28-36)40-10-4-6-12-44(40)49(46)38-8-2-1-3-9-38/h1-29H. The third-order valence-corrected chi connectivity index (χ3v) is 10.1. The number of benzene rings is 8. The molecule has 0 saturated carbocycles. The highest BCUT2D eigenvalue weighted by molar-refractivity contribution is 6.13. The fraction of sp³-hybridized carbons (Fsp3) is 0. The van der Waals surface area contributed by atoms with E-state index in [1.54, 1.807) is 0 Å². The molecule has 0 aliphatic carbocycles. The Hall–Kier alpha value is -6.89. The molecule has 2 heterocycles. The van der Waals surface area contributed by atoms with Crippen molar-refractivity contribution in [2.75, 3.05) is 0 Å². The van der Waals surface area contributed by atoms with Crippen molar-refractivity contribution < 1.29 is 0 Å². The Morgan fingerprint density at radius 2 is 0.820 bits per heavy atom. The van der Waals surface area contributed by atoms with Gasteiger partial charge in [0.2, 0.25) is 0 Å². The molecule has 0 spiro atoms. The first kappa shape index (κ1) is 28.2. The molecular formula is C47H29N3. The lowest BCUT2D eigenvalue weighted by Crippen LogP contribution is -1.94. The number of nitrogens with zero attached hydrogens (tertiary/aromatic N) is 3. The summed E-state index contributed by atoms with van der Waals surface area (Å²) in [6.45, 7) is 0. The maximum atomic E-state index is 9.19. The lowest BCUT2D eigenvalue weighted by Gasteiger charge is -2.11. The molecule has 10 rings (SSSR count). The van der Waals surface area contributed by atoms with Gasteiger partial charge in [0.25, 0.3) is 0 Å².